The second kappa shape index (κ2) is 8.16. The number of nitriles is 1. The van der Waals surface area contributed by atoms with E-state index in [2.05, 4.69) is 6.07 Å². The first-order valence-electron chi connectivity index (χ1n) is 8.00. The van der Waals surface area contributed by atoms with Gasteiger partial charge in [-0.2, -0.15) is 5.26 Å². The molecule has 1 atom stereocenters. The molecular weight excluding hydrogens is 300 g/mol. The van der Waals surface area contributed by atoms with Crippen LogP contribution in [0.2, 0.25) is 0 Å². The third-order valence-corrected chi connectivity index (χ3v) is 3.96. The van der Waals surface area contributed by atoms with Crippen LogP contribution in [0.15, 0.2) is 48.5 Å². The molecule has 0 fully saturated rings. The van der Waals surface area contributed by atoms with Gasteiger partial charge < -0.3 is 9.64 Å². The Balaban J connectivity index is 2.26. The molecule has 124 valence electrons. The van der Waals surface area contributed by atoms with Crippen molar-refractivity contribution in [1.82, 2.24) is 0 Å². The topological polar surface area (TPSA) is 53.3 Å². The van der Waals surface area contributed by atoms with Crippen molar-refractivity contribution in [3.8, 4) is 11.8 Å². The third-order valence-electron chi connectivity index (χ3n) is 3.96. The van der Waals surface area contributed by atoms with Crippen LogP contribution in [0.25, 0.3) is 0 Å². The Bertz CT molecular complexity index is 735. The Morgan fingerprint density at radius 2 is 1.96 bits per heavy atom. The maximum absolute atomic E-state index is 12.9. The summed E-state index contributed by atoms with van der Waals surface area (Å²) in [6, 6.07) is 17.4. The fourth-order valence-electron chi connectivity index (χ4n) is 2.74. The first kappa shape index (κ1) is 17.6. The first-order valence-corrected chi connectivity index (χ1v) is 8.00. The normalized spacial score (nSPS) is 11.4. The Labute approximate surface area is 143 Å². The van der Waals surface area contributed by atoms with E-state index in [0.29, 0.717) is 18.7 Å². The largest absolute Gasteiger partial charge is 0.496 e. The molecule has 1 unspecified atom stereocenters. The molecule has 0 N–H and O–H groups in total. The van der Waals surface area contributed by atoms with Crippen LogP contribution in [0.4, 0.5) is 5.69 Å². The standard InChI is InChI=1S/C20H22N2O2/c1-4-22(18-8-6-5-7-9-18)20(23)17(14-21)13-16-12-15(2)10-11-19(16)24-3/h5-12,17H,4,13H2,1-3H3. The SMILES string of the molecule is CCN(C(=O)C(C#N)Cc1cc(C)ccc1OC)c1ccccc1. The summed E-state index contributed by atoms with van der Waals surface area (Å²) in [6.07, 6.45) is 0.337. The molecule has 4 nitrogen and oxygen atoms in total. The summed E-state index contributed by atoms with van der Waals surface area (Å²) in [5.74, 6) is -0.230. The van der Waals surface area contributed by atoms with E-state index < -0.39 is 5.92 Å². The van der Waals surface area contributed by atoms with E-state index in [1.807, 2.05) is 62.4 Å². The summed E-state index contributed by atoms with van der Waals surface area (Å²) in [4.78, 5) is 14.5. The number of carbonyl (C=O) groups excluding carboxylic acids is 1. The zero-order valence-corrected chi connectivity index (χ0v) is 14.3. The molecule has 0 heterocycles. The van der Waals surface area contributed by atoms with Gasteiger partial charge in [0.05, 0.1) is 13.2 Å². The van der Waals surface area contributed by atoms with Gasteiger partial charge in [-0.1, -0.05) is 35.9 Å². The molecule has 0 radical (unpaired) electrons. The van der Waals surface area contributed by atoms with Gasteiger partial charge in [-0.25, -0.2) is 0 Å². The van der Waals surface area contributed by atoms with E-state index in [4.69, 9.17) is 4.74 Å². The summed E-state index contributed by atoms with van der Waals surface area (Å²) in [6.45, 7) is 4.41. The highest BCUT2D eigenvalue weighted by Crippen LogP contribution is 2.25. The summed E-state index contributed by atoms with van der Waals surface area (Å²) in [5.41, 5.74) is 2.76. The molecule has 0 aliphatic heterocycles. The predicted octanol–water partition coefficient (Wildman–Crippen LogP) is 3.74. The number of methoxy groups -OCH3 is 1. The van der Waals surface area contributed by atoms with Gasteiger partial charge in [0.2, 0.25) is 5.91 Å². The molecule has 0 saturated heterocycles. The number of amides is 1. The monoisotopic (exact) mass is 322 g/mol. The fourth-order valence-corrected chi connectivity index (χ4v) is 2.74. The van der Waals surface area contributed by atoms with Crippen LogP contribution in [0.1, 0.15) is 18.1 Å². The van der Waals surface area contributed by atoms with E-state index in [9.17, 15) is 10.1 Å². The molecule has 0 aliphatic carbocycles. The molecule has 1 amide bonds. The first-order chi connectivity index (χ1) is 11.6. The number of anilines is 1. The van der Waals surface area contributed by atoms with Crippen molar-refractivity contribution in [2.75, 3.05) is 18.6 Å². The number of ether oxygens (including phenoxy) is 1. The van der Waals surface area contributed by atoms with Gasteiger partial charge in [0.15, 0.2) is 0 Å². The van der Waals surface area contributed by atoms with E-state index >= 15 is 0 Å². The van der Waals surface area contributed by atoms with E-state index in [-0.39, 0.29) is 5.91 Å². The van der Waals surface area contributed by atoms with E-state index in [1.165, 1.54) is 0 Å². The zero-order valence-electron chi connectivity index (χ0n) is 14.3. The van der Waals surface area contributed by atoms with Crippen LogP contribution in [-0.4, -0.2) is 19.6 Å². The van der Waals surface area contributed by atoms with Crippen LogP contribution in [0, 0.1) is 24.2 Å². The Kier molecular flexibility index (Phi) is 5.97. The van der Waals surface area contributed by atoms with Gasteiger partial charge in [0.1, 0.15) is 11.7 Å². The predicted molar refractivity (Wildman–Crippen MR) is 95.0 cm³/mol. The number of hydrogen-bond acceptors (Lipinski definition) is 3. The smallest absolute Gasteiger partial charge is 0.244 e. The minimum Gasteiger partial charge on any atom is -0.496 e. The lowest BCUT2D eigenvalue weighted by Crippen LogP contribution is -2.36. The fraction of sp³-hybridized carbons (Fsp3) is 0.300. The number of aryl methyl sites for hydroxylation is 1. The average molecular weight is 322 g/mol. The lowest BCUT2D eigenvalue weighted by molar-refractivity contribution is -0.120. The maximum atomic E-state index is 12.9. The van der Waals surface area contributed by atoms with Crippen molar-refractivity contribution in [3.05, 3.63) is 59.7 Å². The van der Waals surface area contributed by atoms with Crippen molar-refractivity contribution < 1.29 is 9.53 Å². The molecule has 0 bridgehead atoms. The van der Waals surface area contributed by atoms with Crippen LogP contribution in [0.3, 0.4) is 0 Å². The summed E-state index contributed by atoms with van der Waals surface area (Å²) in [7, 11) is 1.60. The summed E-state index contributed by atoms with van der Waals surface area (Å²) < 4.78 is 5.36. The molecule has 0 spiro atoms. The second-order valence-electron chi connectivity index (χ2n) is 5.62. The summed E-state index contributed by atoms with van der Waals surface area (Å²) >= 11 is 0. The van der Waals surface area contributed by atoms with Crippen molar-refractivity contribution in [2.45, 2.75) is 20.3 Å². The van der Waals surface area contributed by atoms with E-state index in [0.717, 1.165) is 16.8 Å². The van der Waals surface area contributed by atoms with Gasteiger partial charge in [-0.05, 0) is 37.6 Å². The van der Waals surface area contributed by atoms with Crippen molar-refractivity contribution >= 4 is 11.6 Å². The molecule has 0 aliphatic rings. The van der Waals surface area contributed by atoms with Crippen molar-refractivity contribution in [1.29, 1.82) is 5.26 Å². The quantitative estimate of drug-likeness (QED) is 0.814. The summed E-state index contributed by atoms with van der Waals surface area (Å²) in [5, 5.41) is 9.54. The van der Waals surface area contributed by atoms with Crippen LogP contribution in [0.5, 0.6) is 5.75 Å². The Hall–Kier alpha value is -2.80. The van der Waals surface area contributed by atoms with Crippen molar-refractivity contribution in [3.63, 3.8) is 0 Å². The highest BCUT2D eigenvalue weighted by molar-refractivity contribution is 5.96. The van der Waals surface area contributed by atoms with Crippen LogP contribution >= 0.6 is 0 Å². The molecule has 4 heteroatoms. The highest BCUT2D eigenvalue weighted by Gasteiger charge is 2.25. The molecule has 2 rings (SSSR count). The molecule has 0 saturated carbocycles. The molecule has 2 aromatic rings. The van der Waals surface area contributed by atoms with Crippen LogP contribution < -0.4 is 9.64 Å². The van der Waals surface area contributed by atoms with Gasteiger partial charge in [-0.3, -0.25) is 4.79 Å². The lowest BCUT2D eigenvalue weighted by Gasteiger charge is -2.24. The minimum absolute atomic E-state index is 0.185. The lowest BCUT2D eigenvalue weighted by atomic mass is 9.97. The maximum Gasteiger partial charge on any atom is 0.244 e. The molecular formula is C20H22N2O2. The third kappa shape index (κ3) is 3.94. The average Bonchev–Trinajstić information content (AvgIpc) is 2.61. The number of nitrogens with zero attached hydrogens (tertiary/aromatic N) is 2. The van der Waals surface area contributed by atoms with Crippen LogP contribution in [-0.2, 0) is 11.2 Å². The Morgan fingerprint density at radius 1 is 1.25 bits per heavy atom. The molecule has 0 aromatic heterocycles. The zero-order chi connectivity index (χ0) is 17.5. The number of hydrogen-bond donors (Lipinski definition) is 0. The molecule has 24 heavy (non-hydrogen) atoms. The number of benzene rings is 2. The van der Waals surface area contributed by atoms with E-state index in [1.54, 1.807) is 12.0 Å². The highest BCUT2D eigenvalue weighted by atomic mass is 16.5. The van der Waals surface area contributed by atoms with Crippen molar-refractivity contribution in [2.24, 2.45) is 5.92 Å². The second-order valence-corrected chi connectivity index (χ2v) is 5.62. The number of rotatable bonds is 6. The number of para-hydroxylation sites is 1. The number of carbonyl (C=O) groups is 1. The van der Waals surface area contributed by atoms with Gasteiger partial charge >= 0.3 is 0 Å². The molecule has 2 aromatic carbocycles. The van der Waals surface area contributed by atoms with Gasteiger partial charge in [0.25, 0.3) is 0 Å². The minimum atomic E-state index is -0.749. The van der Waals surface area contributed by atoms with Gasteiger partial charge in [-0.15, -0.1) is 0 Å². The van der Waals surface area contributed by atoms with Gasteiger partial charge in [0, 0.05) is 18.7 Å². The Morgan fingerprint density at radius 3 is 2.54 bits per heavy atom.